The molecule has 12 heteroatoms. The van der Waals surface area contributed by atoms with Crippen LogP contribution in [0.25, 0.3) is 5.76 Å². The van der Waals surface area contributed by atoms with Gasteiger partial charge in [0.05, 0.1) is 23.5 Å². The number of fused-ring (bicyclic) bond motifs is 3. The number of phenolic OH excluding ortho intramolecular Hbond substituents is 1. The zero-order valence-electron chi connectivity index (χ0n) is 20.7. The minimum Gasteiger partial charge on any atom is -0.507 e. The lowest BCUT2D eigenvalue weighted by atomic mass is 9.53. The smallest absolute Gasteiger partial charge is 0.412 e. The van der Waals surface area contributed by atoms with Crippen molar-refractivity contribution < 1.29 is 49.4 Å². The summed E-state index contributed by atoms with van der Waals surface area (Å²) in [6, 6.07) is 2.85. The standard InChI is InChI=1S/C25H30N2O10/c1-8-9-5-6-11(27-23(35)37-24(2,3)4)18(30)14(9)19(31)16-13(8)17(29)10-7-12(28)15(22(26)34)20(32)25(10,36)21(16)33/h5-6,8,10,12-13,15,17,28-31,36H,7H2,1-4H3,(H2,26,34)(H,27,35)/t8-,10+,12?,13+,15?,17+,25+/m0/s1. The van der Waals surface area contributed by atoms with Crippen molar-refractivity contribution in [3.63, 3.8) is 0 Å². The Morgan fingerprint density at radius 3 is 2.35 bits per heavy atom. The lowest BCUT2D eigenvalue weighted by Gasteiger charge is -2.52. The van der Waals surface area contributed by atoms with Crippen molar-refractivity contribution in [2.45, 2.75) is 63.4 Å². The number of benzene rings is 1. The molecule has 3 aliphatic carbocycles. The van der Waals surface area contributed by atoms with Crippen LogP contribution < -0.4 is 11.1 Å². The Balaban J connectivity index is 1.84. The molecule has 1 aromatic carbocycles. The second-order valence-electron chi connectivity index (χ2n) is 10.9. The fourth-order valence-corrected chi connectivity index (χ4v) is 5.81. The van der Waals surface area contributed by atoms with Gasteiger partial charge in [-0.1, -0.05) is 13.0 Å². The molecule has 2 unspecified atom stereocenters. The number of phenols is 1. The van der Waals surface area contributed by atoms with Crippen molar-refractivity contribution >= 4 is 35.0 Å². The van der Waals surface area contributed by atoms with Crippen molar-refractivity contribution in [1.29, 1.82) is 0 Å². The van der Waals surface area contributed by atoms with Crippen LogP contribution in [0.15, 0.2) is 17.7 Å². The number of aliphatic hydroxyl groups excluding tert-OH is 3. The van der Waals surface area contributed by atoms with E-state index in [1.54, 1.807) is 27.7 Å². The highest BCUT2D eigenvalue weighted by atomic mass is 16.6. The zero-order chi connectivity index (χ0) is 27.8. The SMILES string of the molecule is C[C@H]1c2ccc(NC(=O)OC(C)(C)C)c(O)c2C(O)=C2C(=O)[C@]3(O)C(=O)C(C(N)=O)C(O)C[C@@H]3[C@@H](O)[C@@H]21. The molecular weight excluding hydrogens is 488 g/mol. The summed E-state index contributed by atoms with van der Waals surface area (Å²) in [4.78, 5) is 50.8. The first-order valence-corrected chi connectivity index (χ1v) is 11.8. The summed E-state index contributed by atoms with van der Waals surface area (Å²) >= 11 is 0. The van der Waals surface area contributed by atoms with E-state index in [1.807, 2.05) is 0 Å². The predicted molar refractivity (Wildman–Crippen MR) is 127 cm³/mol. The Hall–Kier alpha value is -3.48. The van der Waals surface area contributed by atoms with Crippen LogP contribution in [0.1, 0.15) is 51.2 Å². The number of Topliss-reactive ketones (excluding diaryl/α,β-unsaturated/α-hetero) is 2. The summed E-state index contributed by atoms with van der Waals surface area (Å²) in [7, 11) is 0. The van der Waals surface area contributed by atoms with Crippen LogP contribution >= 0.6 is 0 Å². The van der Waals surface area contributed by atoms with E-state index in [2.05, 4.69) is 5.32 Å². The molecule has 2 amide bonds. The average Bonchev–Trinajstić information content (AvgIpc) is 2.76. The number of hydrogen-bond acceptors (Lipinski definition) is 10. The molecule has 37 heavy (non-hydrogen) atoms. The number of carbonyl (C=O) groups is 4. The fourth-order valence-electron chi connectivity index (χ4n) is 5.81. The maximum Gasteiger partial charge on any atom is 0.412 e. The van der Waals surface area contributed by atoms with E-state index in [9.17, 15) is 44.7 Å². The Morgan fingerprint density at radius 2 is 1.78 bits per heavy atom. The summed E-state index contributed by atoms with van der Waals surface area (Å²) in [6.45, 7) is 6.54. The first-order chi connectivity index (χ1) is 17.0. The van der Waals surface area contributed by atoms with Gasteiger partial charge in [-0.05, 0) is 44.7 Å². The van der Waals surface area contributed by atoms with Crippen LogP contribution in [0, 0.1) is 17.8 Å². The minimum atomic E-state index is -2.93. The molecule has 0 radical (unpaired) electrons. The van der Waals surface area contributed by atoms with E-state index >= 15 is 0 Å². The van der Waals surface area contributed by atoms with Crippen molar-refractivity contribution in [3.05, 3.63) is 28.8 Å². The Morgan fingerprint density at radius 1 is 1.16 bits per heavy atom. The molecule has 1 aromatic rings. The lowest BCUT2D eigenvalue weighted by Crippen LogP contribution is -2.70. The van der Waals surface area contributed by atoms with Gasteiger partial charge in [-0.3, -0.25) is 19.7 Å². The summed E-state index contributed by atoms with van der Waals surface area (Å²) < 4.78 is 5.18. The maximum absolute atomic E-state index is 13.6. The van der Waals surface area contributed by atoms with E-state index < -0.39 is 94.2 Å². The van der Waals surface area contributed by atoms with E-state index in [0.717, 1.165) is 0 Å². The molecule has 7 atom stereocenters. The molecule has 2 saturated carbocycles. The van der Waals surface area contributed by atoms with Crippen LogP contribution in [0.3, 0.4) is 0 Å². The number of primary amides is 1. The van der Waals surface area contributed by atoms with Gasteiger partial charge < -0.3 is 36.0 Å². The van der Waals surface area contributed by atoms with Gasteiger partial charge in [-0.15, -0.1) is 0 Å². The number of amides is 2. The molecule has 12 nitrogen and oxygen atoms in total. The van der Waals surface area contributed by atoms with Gasteiger partial charge >= 0.3 is 6.09 Å². The fraction of sp³-hybridized carbons (Fsp3) is 0.520. The number of aliphatic hydroxyl groups is 4. The summed E-state index contributed by atoms with van der Waals surface area (Å²) in [5.74, 6) is -10.4. The second-order valence-corrected chi connectivity index (χ2v) is 10.9. The van der Waals surface area contributed by atoms with Gasteiger partial charge in [0.25, 0.3) is 0 Å². The van der Waals surface area contributed by atoms with Gasteiger partial charge in [-0.25, -0.2) is 4.79 Å². The van der Waals surface area contributed by atoms with Gasteiger partial charge in [0.2, 0.25) is 11.7 Å². The predicted octanol–water partition coefficient (Wildman–Crippen LogP) is 0.468. The van der Waals surface area contributed by atoms with E-state index in [0.29, 0.717) is 5.56 Å². The quantitative estimate of drug-likeness (QED) is 0.212. The molecule has 200 valence electrons. The monoisotopic (exact) mass is 518 g/mol. The zero-order valence-corrected chi connectivity index (χ0v) is 20.7. The lowest BCUT2D eigenvalue weighted by molar-refractivity contribution is -0.186. The maximum atomic E-state index is 13.6. The Labute approximate surface area is 211 Å². The molecule has 8 N–H and O–H groups in total. The molecule has 0 saturated heterocycles. The van der Waals surface area contributed by atoms with E-state index in [-0.39, 0.29) is 11.3 Å². The molecule has 0 heterocycles. The first kappa shape index (κ1) is 26.6. The van der Waals surface area contributed by atoms with Crippen molar-refractivity contribution in [1.82, 2.24) is 0 Å². The molecule has 0 aliphatic heterocycles. The largest absolute Gasteiger partial charge is 0.507 e. The molecule has 0 bridgehead atoms. The highest BCUT2D eigenvalue weighted by Gasteiger charge is 2.67. The third-order valence-corrected chi connectivity index (χ3v) is 7.45. The number of ether oxygens (including phenoxy) is 1. The first-order valence-electron chi connectivity index (χ1n) is 11.8. The number of anilines is 1. The minimum absolute atomic E-state index is 0.142. The van der Waals surface area contributed by atoms with Crippen LogP contribution in [-0.2, 0) is 19.1 Å². The number of nitrogens with two attached hydrogens (primary N) is 1. The highest BCUT2D eigenvalue weighted by Crippen LogP contribution is 2.55. The van der Waals surface area contributed by atoms with Crippen LogP contribution in [0.4, 0.5) is 10.5 Å². The van der Waals surface area contributed by atoms with Gasteiger partial charge in [0.15, 0.2) is 11.4 Å². The van der Waals surface area contributed by atoms with E-state index in [4.69, 9.17) is 10.5 Å². The van der Waals surface area contributed by atoms with Crippen molar-refractivity contribution in [3.8, 4) is 5.75 Å². The third kappa shape index (κ3) is 3.87. The highest BCUT2D eigenvalue weighted by molar-refractivity contribution is 6.25. The number of carbonyl (C=O) groups excluding carboxylic acids is 4. The molecule has 3 aliphatic rings. The number of aromatic hydroxyl groups is 1. The topological polar surface area (TPSA) is 217 Å². The van der Waals surface area contributed by atoms with E-state index in [1.165, 1.54) is 12.1 Å². The summed E-state index contributed by atoms with van der Waals surface area (Å²) in [5.41, 5.74) is 0.900. The second kappa shape index (κ2) is 8.54. The van der Waals surface area contributed by atoms with Crippen LogP contribution in [-0.4, -0.2) is 72.5 Å². The summed E-state index contributed by atoms with van der Waals surface area (Å²) in [6.07, 6.45) is -4.55. The number of ketones is 2. The van der Waals surface area contributed by atoms with Gasteiger partial charge in [0, 0.05) is 17.4 Å². The number of nitrogens with one attached hydrogen (secondary N) is 1. The molecule has 0 aromatic heterocycles. The van der Waals surface area contributed by atoms with Crippen LogP contribution in [0.5, 0.6) is 5.75 Å². The van der Waals surface area contributed by atoms with Crippen molar-refractivity contribution in [2.24, 2.45) is 23.5 Å². The molecular formula is C25H30N2O10. The summed E-state index contributed by atoms with van der Waals surface area (Å²) in [5, 5.41) is 57.4. The average molecular weight is 519 g/mol. The van der Waals surface area contributed by atoms with Gasteiger partial charge in [0.1, 0.15) is 23.0 Å². The van der Waals surface area contributed by atoms with Crippen LogP contribution in [0.2, 0.25) is 0 Å². The molecule has 4 rings (SSSR count). The Kier molecular flexibility index (Phi) is 6.13. The van der Waals surface area contributed by atoms with Crippen molar-refractivity contribution in [2.75, 3.05) is 5.32 Å². The normalized spacial score (nSPS) is 33.3. The molecule has 0 spiro atoms. The van der Waals surface area contributed by atoms with Gasteiger partial charge in [-0.2, -0.15) is 0 Å². The number of rotatable bonds is 2. The number of hydrogen-bond donors (Lipinski definition) is 7. The Bertz CT molecular complexity index is 1250. The molecule has 2 fully saturated rings. The third-order valence-electron chi connectivity index (χ3n) is 7.45.